The maximum absolute atomic E-state index is 10.7. The van der Waals surface area contributed by atoms with Gasteiger partial charge in [-0.1, -0.05) is 18.2 Å². The van der Waals surface area contributed by atoms with Crippen LogP contribution >= 0.6 is 0 Å². The smallest absolute Gasteiger partial charge is 0.273 e. The molecular formula is C10H10N2O5. The number of benzene rings is 1. The predicted molar refractivity (Wildman–Crippen MR) is 58.9 cm³/mol. The number of rotatable bonds is 5. The number of hydrogen-bond acceptors (Lipinski definition) is 5. The van der Waals surface area contributed by atoms with Crippen LogP contribution in [0, 0.1) is 20.2 Å². The third kappa shape index (κ3) is 3.56. The van der Waals surface area contributed by atoms with E-state index in [2.05, 4.69) is 0 Å². The Hall–Kier alpha value is -2.44. The summed E-state index contributed by atoms with van der Waals surface area (Å²) in [7, 11) is 1.28. The maximum Gasteiger partial charge on any atom is 0.273 e. The molecule has 1 aromatic carbocycles. The van der Waals surface area contributed by atoms with Gasteiger partial charge >= 0.3 is 0 Å². The predicted octanol–water partition coefficient (Wildman–Crippen LogP) is 1.90. The summed E-state index contributed by atoms with van der Waals surface area (Å²) in [6.07, 6.45) is 0.700. The Morgan fingerprint density at radius 3 is 2.53 bits per heavy atom. The van der Waals surface area contributed by atoms with E-state index in [1.54, 1.807) is 6.07 Å². The standard InChI is InChI=1S/C10H10N2O5/c1-17-9(7-11(13)14)6-8-4-2-3-5-10(8)12(15)16/h2-5,7H,6H2,1H3. The van der Waals surface area contributed by atoms with Crippen molar-refractivity contribution in [2.24, 2.45) is 0 Å². The van der Waals surface area contributed by atoms with Crippen LogP contribution in [0.5, 0.6) is 0 Å². The lowest BCUT2D eigenvalue weighted by molar-refractivity contribution is -0.405. The summed E-state index contributed by atoms with van der Waals surface area (Å²) in [6, 6.07) is 6.03. The van der Waals surface area contributed by atoms with Gasteiger partial charge in [-0.3, -0.25) is 20.2 Å². The van der Waals surface area contributed by atoms with E-state index in [-0.39, 0.29) is 17.9 Å². The van der Waals surface area contributed by atoms with Crippen LogP contribution in [0.1, 0.15) is 5.56 Å². The summed E-state index contributed by atoms with van der Waals surface area (Å²) in [5.74, 6) is 0.0595. The molecule has 90 valence electrons. The van der Waals surface area contributed by atoms with Crippen LogP contribution in [-0.4, -0.2) is 17.0 Å². The van der Waals surface area contributed by atoms with E-state index in [1.165, 1.54) is 25.3 Å². The van der Waals surface area contributed by atoms with Gasteiger partial charge < -0.3 is 4.74 Å². The van der Waals surface area contributed by atoms with Crippen molar-refractivity contribution in [1.82, 2.24) is 0 Å². The maximum atomic E-state index is 10.7. The lowest BCUT2D eigenvalue weighted by Crippen LogP contribution is -2.00. The van der Waals surface area contributed by atoms with Crippen LogP contribution in [0.4, 0.5) is 5.69 Å². The number of ether oxygens (including phenoxy) is 1. The van der Waals surface area contributed by atoms with E-state index in [9.17, 15) is 20.2 Å². The summed E-state index contributed by atoms with van der Waals surface area (Å²) < 4.78 is 4.80. The van der Waals surface area contributed by atoms with Gasteiger partial charge in [0.1, 0.15) is 0 Å². The number of para-hydroxylation sites is 1. The Bertz CT molecular complexity index is 470. The minimum Gasteiger partial charge on any atom is -0.494 e. The highest BCUT2D eigenvalue weighted by Gasteiger charge is 2.15. The van der Waals surface area contributed by atoms with Gasteiger partial charge in [-0.2, -0.15) is 0 Å². The molecule has 0 aromatic heterocycles. The molecule has 7 nitrogen and oxygen atoms in total. The van der Waals surface area contributed by atoms with E-state index in [4.69, 9.17) is 4.74 Å². The second-order valence-electron chi connectivity index (χ2n) is 3.15. The fourth-order valence-electron chi connectivity index (χ4n) is 1.31. The van der Waals surface area contributed by atoms with Crippen LogP contribution in [0.3, 0.4) is 0 Å². The van der Waals surface area contributed by atoms with E-state index in [0.29, 0.717) is 11.8 Å². The summed E-state index contributed by atoms with van der Waals surface area (Å²) in [5.41, 5.74) is 0.284. The summed E-state index contributed by atoms with van der Waals surface area (Å²) in [5, 5.41) is 21.0. The SMILES string of the molecule is COC(=C[N+](=O)[O-])Cc1ccccc1[N+](=O)[O-]. The molecule has 0 unspecified atom stereocenters. The van der Waals surface area contributed by atoms with Crippen molar-refractivity contribution in [1.29, 1.82) is 0 Å². The lowest BCUT2D eigenvalue weighted by Gasteiger charge is -2.04. The molecule has 0 bridgehead atoms. The summed E-state index contributed by atoms with van der Waals surface area (Å²) >= 11 is 0. The Morgan fingerprint density at radius 2 is 2.00 bits per heavy atom. The molecule has 1 rings (SSSR count). The molecular weight excluding hydrogens is 228 g/mol. The van der Waals surface area contributed by atoms with Crippen molar-refractivity contribution in [3.63, 3.8) is 0 Å². The monoisotopic (exact) mass is 238 g/mol. The highest BCUT2D eigenvalue weighted by Crippen LogP contribution is 2.20. The molecule has 0 saturated carbocycles. The Labute approximate surface area is 96.6 Å². The molecule has 0 atom stereocenters. The van der Waals surface area contributed by atoms with Gasteiger partial charge in [-0.25, -0.2) is 0 Å². The number of allylic oxidation sites excluding steroid dienone is 1. The first-order chi connectivity index (χ1) is 8.04. The van der Waals surface area contributed by atoms with Gasteiger partial charge in [0.05, 0.1) is 17.0 Å². The second-order valence-corrected chi connectivity index (χ2v) is 3.15. The van der Waals surface area contributed by atoms with Crippen molar-refractivity contribution < 1.29 is 14.6 Å². The van der Waals surface area contributed by atoms with Gasteiger partial charge in [-0.05, 0) is 0 Å². The first-order valence-corrected chi connectivity index (χ1v) is 4.65. The van der Waals surface area contributed by atoms with Crippen LogP contribution < -0.4 is 0 Å². The topological polar surface area (TPSA) is 95.5 Å². The van der Waals surface area contributed by atoms with Crippen molar-refractivity contribution in [3.8, 4) is 0 Å². The first-order valence-electron chi connectivity index (χ1n) is 4.65. The first kappa shape index (κ1) is 12.6. The number of nitrogens with zero attached hydrogens (tertiary/aromatic N) is 2. The largest absolute Gasteiger partial charge is 0.494 e. The molecule has 17 heavy (non-hydrogen) atoms. The quantitative estimate of drug-likeness (QED) is 0.443. The molecule has 1 aromatic rings. The van der Waals surface area contributed by atoms with Crippen LogP contribution in [-0.2, 0) is 11.2 Å². The number of nitro groups is 2. The molecule has 0 radical (unpaired) electrons. The molecule has 0 saturated heterocycles. The molecule has 0 aliphatic rings. The molecule has 0 amide bonds. The fourth-order valence-corrected chi connectivity index (χ4v) is 1.31. The zero-order valence-corrected chi connectivity index (χ0v) is 9.03. The Balaban J connectivity index is 3.02. The minimum absolute atomic E-state index is 0.00856. The van der Waals surface area contributed by atoms with Crippen molar-refractivity contribution >= 4 is 5.69 Å². The van der Waals surface area contributed by atoms with Crippen molar-refractivity contribution in [2.45, 2.75) is 6.42 Å². The minimum atomic E-state index is -0.659. The van der Waals surface area contributed by atoms with Crippen LogP contribution in [0.15, 0.2) is 36.2 Å². The zero-order valence-electron chi connectivity index (χ0n) is 9.03. The molecule has 0 fully saturated rings. The average Bonchev–Trinajstić information content (AvgIpc) is 2.28. The number of nitro benzene ring substituents is 1. The highest BCUT2D eigenvalue weighted by atomic mass is 16.6. The van der Waals surface area contributed by atoms with Crippen molar-refractivity contribution in [2.75, 3.05) is 7.11 Å². The van der Waals surface area contributed by atoms with E-state index >= 15 is 0 Å². The molecule has 0 spiro atoms. The third-order valence-electron chi connectivity index (χ3n) is 2.06. The zero-order chi connectivity index (χ0) is 12.8. The number of hydrogen-bond donors (Lipinski definition) is 0. The van der Waals surface area contributed by atoms with Gasteiger partial charge in [0.15, 0.2) is 5.76 Å². The molecule has 0 N–H and O–H groups in total. The van der Waals surface area contributed by atoms with Gasteiger partial charge in [-0.15, -0.1) is 0 Å². The normalized spacial score (nSPS) is 11.0. The van der Waals surface area contributed by atoms with Crippen LogP contribution in [0.2, 0.25) is 0 Å². The van der Waals surface area contributed by atoms with Crippen molar-refractivity contribution in [3.05, 3.63) is 62.0 Å². The molecule has 7 heteroatoms. The number of methoxy groups -OCH3 is 1. The van der Waals surface area contributed by atoms with E-state index in [0.717, 1.165) is 0 Å². The third-order valence-corrected chi connectivity index (χ3v) is 2.06. The highest BCUT2D eigenvalue weighted by molar-refractivity contribution is 5.41. The van der Waals surface area contributed by atoms with Gasteiger partial charge in [0.2, 0.25) is 0 Å². The summed E-state index contributed by atoms with van der Waals surface area (Å²) in [6.45, 7) is 0. The average molecular weight is 238 g/mol. The molecule has 0 aliphatic carbocycles. The Kier molecular flexibility index (Phi) is 4.15. The fraction of sp³-hybridized carbons (Fsp3) is 0.200. The van der Waals surface area contributed by atoms with Gasteiger partial charge in [0, 0.05) is 18.1 Å². The van der Waals surface area contributed by atoms with E-state index < -0.39 is 9.85 Å². The van der Waals surface area contributed by atoms with Crippen LogP contribution in [0.25, 0.3) is 0 Å². The Morgan fingerprint density at radius 1 is 1.35 bits per heavy atom. The summed E-state index contributed by atoms with van der Waals surface area (Å²) in [4.78, 5) is 19.8. The molecule has 0 aliphatic heterocycles. The second kappa shape index (κ2) is 5.59. The van der Waals surface area contributed by atoms with E-state index in [1.807, 2.05) is 0 Å². The lowest BCUT2D eigenvalue weighted by atomic mass is 10.1. The molecule has 0 heterocycles. The van der Waals surface area contributed by atoms with Gasteiger partial charge in [0.25, 0.3) is 11.9 Å².